The molecule has 0 aliphatic carbocycles. The van der Waals surface area contributed by atoms with Gasteiger partial charge < -0.3 is 13.9 Å². The highest BCUT2D eigenvalue weighted by Crippen LogP contribution is 2.34. The molecular weight excluding hydrogens is 392 g/mol. The predicted octanol–water partition coefficient (Wildman–Crippen LogP) is 5.43. The van der Waals surface area contributed by atoms with Gasteiger partial charge >= 0.3 is 5.63 Å². The van der Waals surface area contributed by atoms with E-state index in [0.29, 0.717) is 22.5 Å². The monoisotopic (exact) mass is 414 g/mol. The van der Waals surface area contributed by atoms with Crippen molar-refractivity contribution in [1.82, 2.24) is 0 Å². The number of ether oxygens (including phenoxy) is 2. The number of hydrogen-bond donors (Lipinski definition) is 0. The standard InChI is InChI=1S/C26H22O5/c1-16-23(30-17(2)25(28)19-7-5-4-6-8-19)14-13-21-22(15-24(27)31-26(16)21)18-9-11-20(29-3)12-10-18/h4-15,17H,1-3H3/t17-/m0/s1. The average molecular weight is 414 g/mol. The van der Waals surface area contributed by atoms with E-state index in [1.165, 1.54) is 6.07 Å². The van der Waals surface area contributed by atoms with Crippen LogP contribution in [0.5, 0.6) is 11.5 Å². The van der Waals surface area contributed by atoms with E-state index in [1.54, 1.807) is 32.2 Å². The number of ketones is 1. The molecule has 0 radical (unpaired) electrons. The number of fused-ring (bicyclic) bond motifs is 1. The zero-order valence-electron chi connectivity index (χ0n) is 17.5. The third kappa shape index (κ3) is 4.08. The smallest absolute Gasteiger partial charge is 0.336 e. The van der Waals surface area contributed by atoms with E-state index in [-0.39, 0.29) is 5.78 Å². The first-order chi connectivity index (χ1) is 15.0. The summed E-state index contributed by atoms with van der Waals surface area (Å²) in [6, 6.07) is 21.6. The van der Waals surface area contributed by atoms with Crippen LogP contribution in [0.2, 0.25) is 0 Å². The molecule has 5 nitrogen and oxygen atoms in total. The molecule has 0 unspecified atom stereocenters. The van der Waals surface area contributed by atoms with Crippen LogP contribution < -0.4 is 15.1 Å². The minimum absolute atomic E-state index is 0.117. The Labute approximate surface area is 179 Å². The number of methoxy groups -OCH3 is 1. The predicted molar refractivity (Wildman–Crippen MR) is 120 cm³/mol. The fourth-order valence-corrected chi connectivity index (χ4v) is 3.56. The summed E-state index contributed by atoms with van der Waals surface area (Å²) in [4.78, 5) is 25.0. The van der Waals surface area contributed by atoms with Gasteiger partial charge in [-0.05, 0) is 49.2 Å². The molecule has 0 saturated carbocycles. The second-order valence-corrected chi connectivity index (χ2v) is 7.26. The van der Waals surface area contributed by atoms with Crippen molar-refractivity contribution < 1.29 is 18.7 Å². The molecule has 0 saturated heterocycles. The van der Waals surface area contributed by atoms with E-state index in [4.69, 9.17) is 13.9 Å². The summed E-state index contributed by atoms with van der Waals surface area (Å²) in [5.74, 6) is 1.12. The average Bonchev–Trinajstić information content (AvgIpc) is 2.80. The molecule has 3 aromatic carbocycles. The Bertz CT molecular complexity index is 1290. The van der Waals surface area contributed by atoms with Crippen LogP contribution in [0, 0.1) is 6.92 Å². The van der Waals surface area contributed by atoms with E-state index < -0.39 is 11.7 Å². The first-order valence-corrected chi connectivity index (χ1v) is 9.95. The highest BCUT2D eigenvalue weighted by atomic mass is 16.5. The summed E-state index contributed by atoms with van der Waals surface area (Å²) in [6.07, 6.45) is -0.685. The molecule has 4 rings (SSSR count). The van der Waals surface area contributed by atoms with Gasteiger partial charge in [0.1, 0.15) is 17.1 Å². The van der Waals surface area contributed by atoms with Gasteiger partial charge in [0.25, 0.3) is 0 Å². The SMILES string of the molecule is COc1ccc(-c2cc(=O)oc3c(C)c(O[C@@H](C)C(=O)c4ccccc4)ccc23)cc1. The second kappa shape index (κ2) is 8.48. The van der Waals surface area contributed by atoms with Gasteiger partial charge in [0, 0.05) is 22.6 Å². The normalized spacial score (nSPS) is 11.8. The summed E-state index contributed by atoms with van der Waals surface area (Å²) >= 11 is 0. The molecule has 0 fully saturated rings. The lowest BCUT2D eigenvalue weighted by Gasteiger charge is -2.17. The van der Waals surface area contributed by atoms with Gasteiger partial charge in [0.2, 0.25) is 5.78 Å². The number of carbonyl (C=O) groups is 1. The number of hydrogen-bond acceptors (Lipinski definition) is 5. The Morgan fingerprint density at radius 1 is 0.968 bits per heavy atom. The first kappa shape index (κ1) is 20.4. The minimum Gasteiger partial charge on any atom is -0.497 e. The minimum atomic E-state index is -0.685. The van der Waals surface area contributed by atoms with Crippen LogP contribution in [0.4, 0.5) is 0 Å². The van der Waals surface area contributed by atoms with Gasteiger partial charge in [0.05, 0.1) is 7.11 Å². The van der Waals surface area contributed by atoms with E-state index in [1.807, 2.05) is 55.5 Å². The molecule has 0 amide bonds. The van der Waals surface area contributed by atoms with Crippen LogP contribution in [0.1, 0.15) is 22.8 Å². The zero-order valence-corrected chi connectivity index (χ0v) is 17.5. The molecule has 31 heavy (non-hydrogen) atoms. The van der Waals surface area contributed by atoms with E-state index in [9.17, 15) is 9.59 Å². The lowest BCUT2D eigenvalue weighted by molar-refractivity contribution is 0.0817. The quantitative estimate of drug-likeness (QED) is 0.311. The Kier molecular flexibility index (Phi) is 5.58. The third-order valence-electron chi connectivity index (χ3n) is 5.24. The van der Waals surface area contributed by atoms with Crippen LogP contribution in [0.25, 0.3) is 22.1 Å². The van der Waals surface area contributed by atoms with Gasteiger partial charge in [-0.2, -0.15) is 0 Å². The van der Waals surface area contributed by atoms with Gasteiger partial charge in [-0.15, -0.1) is 0 Å². The molecule has 156 valence electrons. The maximum absolute atomic E-state index is 12.7. The molecule has 0 N–H and O–H groups in total. The van der Waals surface area contributed by atoms with Crippen molar-refractivity contribution in [3.05, 3.63) is 94.3 Å². The van der Waals surface area contributed by atoms with Crippen LogP contribution >= 0.6 is 0 Å². The Balaban J connectivity index is 1.72. The molecule has 1 heterocycles. The zero-order chi connectivity index (χ0) is 22.0. The molecule has 5 heteroatoms. The summed E-state index contributed by atoms with van der Waals surface area (Å²) in [6.45, 7) is 3.53. The molecule has 1 aromatic heterocycles. The van der Waals surface area contributed by atoms with Crippen molar-refractivity contribution in [2.75, 3.05) is 7.11 Å². The Morgan fingerprint density at radius 3 is 2.35 bits per heavy atom. The maximum atomic E-state index is 12.7. The summed E-state index contributed by atoms with van der Waals surface area (Å²) in [5.41, 5.74) is 2.87. The molecule has 0 aliphatic rings. The summed E-state index contributed by atoms with van der Waals surface area (Å²) in [7, 11) is 1.61. The Hall–Kier alpha value is -3.86. The molecule has 0 spiro atoms. The van der Waals surface area contributed by atoms with Gasteiger partial charge in [-0.3, -0.25) is 4.79 Å². The van der Waals surface area contributed by atoms with Crippen molar-refractivity contribution in [3.63, 3.8) is 0 Å². The van der Waals surface area contributed by atoms with Crippen LogP contribution in [-0.4, -0.2) is 19.0 Å². The lowest BCUT2D eigenvalue weighted by atomic mass is 10.00. The van der Waals surface area contributed by atoms with Crippen LogP contribution in [-0.2, 0) is 0 Å². The summed E-state index contributed by atoms with van der Waals surface area (Å²) in [5, 5.41) is 0.789. The number of aryl methyl sites for hydroxylation is 1. The largest absolute Gasteiger partial charge is 0.497 e. The highest BCUT2D eigenvalue weighted by molar-refractivity contribution is 5.99. The number of rotatable bonds is 6. The fraction of sp³-hybridized carbons (Fsp3) is 0.154. The molecular formula is C26H22O5. The van der Waals surface area contributed by atoms with Crippen molar-refractivity contribution in [2.24, 2.45) is 0 Å². The van der Waals surface area contributed by atoms with Gasteiger partial charge in [0.15, 0.2) is 6.10 Å². The molecule has 0 bridgehead atoms. The van der Waals surface area contributed by atoms with Crippen molar-refractivity contribution >= 4 is 16.8 Å². The van der Waals surface area contributed by atoms with E-state index in [2.05, 4.69) is 0 Å². The van der Waals surface area contributed by atoms with E-state index in [0.717, 1.165) is 22.3 Å². The van der Waals surface area contributed by atoms with Gasteiger partial charge in [-0.25, -0.2) is 4.79 Å². The highest BCUT2D eigenvalue weighted by Gasteiger charge is 2.19. The summed E-state index contributed by atoms with van der Waals surface area (Å²) < 4.78 is 16.7. The van der Waals surface area contributed by atoms with Gasteiger partial charge in [-0.1, -0.05) is 42.5 Å². The van der Waals surface area contributed by atoms with E-state index >= 15 is 0 Å². The number of benzene rings is 3. The molecule has 4 aromatic rings. The van der Waals surface area contributed by atoms with Crippen molar-refractivity contribution in [3.8, 4) is 22.6 Å². The fourth-order valence-electron chi connectivity index (χ4n) is 3.56. The Morgan fingerprint density at radius 2 is 1.68 bits per heavy atom. The topological polar surface area (TPSA) is 65.7 Å². The van der Waals surface area contributed by atoms with Crippen LogP contribution in [0.3, 0.4) is 0 Å². The first-order valence-electron chi connectivity index (χ1n) is 9.95. The number of carbonyl (C=O) groups excluding carboxylic acids is 1. The third-order valence-corrected chi connectivity index (χ3v) is 5.24. The second-order valence-electron chi connectivity index (χ2n) is 7.26. The van der Waals surface area contributed by atoms with Crippen molar-refractivity contribution in [2.45, 2.75) is 20.0 Å². The lowest BCUT2D eigenvalue weighted by Crippen LogP contribution is -2.24. The van der Waals surface area contributed by atoms with Crippen molar-refractivity contribution in [1.29, 1.82) is 0 Å². The number of Topliss-reactive ketones (excluding diaryl/α,β-unsaturated/α-hetero) is 1. The molecule has 0 aliphatic heterocycles. The van der Waals surface area contributed by atoms with Crippen LogP contribution in [0.15, 0.2) is 82.0 Å². The maximum Gasteiger partial charge on any atom is 0.336 e. The molecule has 1 atom stereocenters.